The molecule has 2 rings (SSSR count). The largest absolute Gasteiger partial charge is 0.414 e. The van der Waals surface area contributed by atoms with E-state index in [9.17, 15) is 0 Å². The second-order valence-corrected chi connectivity index (χ2v) is 3.52. The molecule has 0 aliphatic carbocycles. The van der Waals surface area contributed by atoms with Gasteiger partial charge < -0.3 is 9.73 Å². The SMILES string of the molecule is CSc1nnc(C2CCCN2)o1.Cl. The molecule has 0 amide bonds. The molecule has 1 N–H and O–H groups in total. The van der Waals surface area contributed by atoms with Crippen LogP contribution in [-0.4, -0.2) is 23.0 Å². The van der Waals surface area contributed by atoms with Gasteiger partial charge in [0.1, 0.15) is 0 Å². The Hall–Kier alpha value is -0.260. The minimum atomic E-state index is 0. The molecule has 1 fully saturated rings. The maximum atomic E-state index is 5.39. The topological polar surface area (TPSA) is 51.0 Å². The lowest BCUT2D eigenvalue weighted by Gasteiger charge is -2.01. The van der Waals surface area contributed by atoms with E-state index in [1.54, 1.807) is 0 Å². The van der Waals surface area contributed by atoms with Crippen LogP contribution in [0.4, 0.5) is 0 Å². The van der Waals surface area contributed by atoms with E-state index in [0.717, 1.165) is 18.9 Å². The summed E-state index contributed by atoms with van der Waals surface area (Å²) in [6.07, 6.45) is 4.23. The Kier molecular flexibility index (Phi) is 4.02. The monoisotopic (exact) mass is 221 g/mol. The summed E-state index contributed by atoms with van der Waals surface area (Å²) in [5, 5.41) is 11.8. The Balaban J connectivity index is 0.000000845. The lowest BCUT2D eigenvalue weighted by molar-refractivity contribution is 0.374. The summed E-state index contributed by atoms with van der Waals surface area (Å²) in [6.45, 7) is 1.06. The molecule has 1 atom stereocenters. The Labute approximate surface area is 87.3 Å². The number of halogens is 1. The molecule has 1 aliphatic rings. The molecule has 0 bridgehead atoms. The van der Waals surface area contributed by atoms with Gasteiger partial charge in [-0.3, -0.25) is 0 Å². The molecular weight excluding hydrogens is 210 g/mol. The number of nitrogens with zero attached hydrogens (tertiary/aromatic N) is 2. The number of aromatic nitrogens is 2. The van der Waals surface area contributed by atoms with Gasteiger partial charge in [-0.15, -0.1) is 22.6 Å². The molecule has 4 nitrogen and oxygen atoms in total. The molecule has 1 unspecified atom stereocenters. The van der Waals surface area contributed by atoms with Crippen molar-refractivity contribution >= 4 is 24.2 Å². The molecule has 1 aromatic rings. The summed E-state index contributed by atoms with van der Waals surface area (Å²) < 4.78 is 5.39. The molecule has 13 heavy (non-hydrogen) atoms. The molecule has 2 heterocycles. The van der Waals surface area contributed by atoms with Gasteiger partial charge in [0.05, 0.1) is 6.04 Å². The molecule has 1 aromatic heterocycles. The predicted molar refractivity (Wildman–Crippen MR) is 53.3 cm³/mol. The summed E-state index contributed by atoms with van der Waals surface area (Å²) >= 11 is 1.48. The molecule has 0 aromatic carbocycles. The fraction of sp³-hybridized carbons (Fsp3) is 0.714. The van der Waals surface area contributed by atoms with Gasteiger partial charge in [-0.05, 0) is 25.6 Å². The van der Waals surface area contributed by atoms with Crippen molar-refractivity contribution in [1.82, 2.24) is 15.5 Å². The highest BCUT2D eigenvalue weighted by atomic mass is 35.5. The lowest BCUT2D eigenvalue weighted by atomic mass is 10.2. The molecule has 1 saturated heterocycles. The standard InChI is InChI=1S/C7H11N3OS.ClH/c1-12-7-10-9-6(11-7)5-3-2-4-8-5;/h5,8H,2-4H2,1H3;1H. The van der Waals surface area contributed by atoms with E-state index in [2.05, 4.69) is 15.5 Å². The van der Waals surface area contributed by atoms with Gasteiger partial charge in [0, 0.05) is 0 Å². The third kappa shape index (κ3) is 2.36. The Morgan fingerprint density at radius 3 is 2.92 bits per heavy atom. The molecule has 0 radical (unpaired) electrons. The van der Waals surface area contributed by atoms with Gasteiger partial charge in [0.2, 0.25) is 5.89 Å². The van der Waals surface area contributed by atoms with Crippen LogP contribution in [0.2, 0.25) is 0 Å². The molecular formula is C7H12ClN3OS. The molecule has 0 spiro atoms. The van der Waals surface area contributed by atoms with Crippen LogP contribution in [-0.2, 0) is 0 Å². The quantitative estimate of drug-likeness (QED) is 0.770. The Morgan fingerprint density at radius 2 is 2.38 bits per heavy atom. The lowest BCUT2D eigenvalue weighted by Crippen LogP contribution is -2.12. The van der Waals surface area contributed by atoms with Crippen LogP contribution in [0.5, 0.6) is 0 Å². The van der Waals surface area contributed by atoms with Crippen molar-refractivity contribution in [1.29, 1.82) is 0 Å². The predicted octanol–water partition coefficient (Wildman–Crippen LogP) is 1.64. The fourth-order valence-corrected chi connectivity index (χ4v) is 1.63. The van der Waals surface area contributed by atoms with E-state index < -0.39 is 0 Å². The number of hydrogen-bond donors (Lipinski definition) is 1. The smallest absolute Gasteiger partial charge is 0.276 e. The zero-order chi connectivity index (χ0) is 8.39. The van der Waals surface area contributed by atoms with Crippen LogP contribution in [0.15, 0.2) is 9.64 Å². The first kappa shape index (κ1) is 10.8. The summed E-state index contributed by atoms with van der Waals surface area (Å²) in [5.41, 5.74) is 0. The highest BCUT2D eigenvalue weighted by Gasteiger charge is 2.21. The zero-order valence-corrected chi connectivity index (χ0v) is 8.95. The van der Waals surface area contributed by atoms with E-state index in [0.29, 0.717) is 11.3 Å². The van der Waals surface area contributed by atoms with Crippen molar-refractivity contribution in [3.05, 3.63) is 5.89 Å². The van der Waals surface area contributed by atoms with E-state index >= 15 is 0 Å². The molecule has 74 valence electrons. The molecule has 0 saturated carbocycles. The summed E-state index contributed by atoms with van der Waals surface area (Å²) in [6, 6.07) is 0.290. The first-order valence-electron chi connectivity index (χ1n) is 4.01. The third-order valence-corrected chi connectivity index (χ3v) is 2.47. The fourth-order valence-electron chi connectivity index (χ4n) is 1.34. The van der Waals surface area contributed by atoms with Crippen LogP contribution >= 0.6 is 24.2 Å². The van der Waals surface area contributed by atoms with Gasteiger partial charge in [0.25, 0.3) is 5.22 Å². The van der Waals surface area contributed by atoms with Gasteiger partial charge in [-0.25, -0.2) is 0 Å². The maximum absolute atomic E-state index is 5.39. The maximum Gasteiger partial charge on any atom is 0.276 e. The van der Waals surface area contributed by atoms with Crippen LogP contribution in [0.3, 0.4) is 0 Å². The Bertz CT molecular complexity index is 262. The first-order valence-corrected chi connectivity index (χ1v) is 5.23. The van der Waals surface area contributed by atoms with E-state index in [-0.39, 0.29) is 12.4 Å². The summed E-state index contributed by atoms with van der Waals surface area (Å²) in [4.78, 5) is 0. The zero-order valence-electron chi connectivity index (χ0n) is 7.32. The summed E-state index contributed by atoms with van der Waals surface area (Å²) in [5.74, 6) is 0.733. The minimum Gasteiger partial charge on any atom is -0.414 e. The van der Waals surface area contributed by atoms with Gasteiger partial charge in [-0.2, -0.15) is 0 Å². The third-order valence-electron chi connectivity index (χ3n) is 1.96. The normalized spacial score (nSPS) is 21.5. The number of thioether (sulfide) groups is 1. The average molecular weight is 222 g/mol. The molecule has 1 aliphatic heterocycles. The van der Waals surface area contributed by atoms with E-state index in [1.807, 2.05) is 6.26 Å². The summed E-state index contributed by atoms with van der Waals surface area (Å²) in [7, 11) is 0. The van der Waals surface area contributed by atoms with Gasteiger partial charge >= 0.3 is 0 Å². The van der Waals surface area contributed by atoms with Crippen LogP contribution in [0.1, 0.15) is 24.8 Å². The Morgan fingerprint density at radius 1 is 1.54 bits per heavy atom. The second kappa shape index (κ2) is 4.83. The van der Waals surface area contributed by atoms with Crippen LogP contribution in [0, 0.1) is 0 Å². The minimum absolute atomic E-state index is 0. The average Bonchev–Trinajstić information content (AvgIpc) is 2.75. The van der Waals surface area contributed by atoms with Crippen molar-refractivity contribution in [2.24, 2.45) is 0 Å². The number of nitrogens with one attached hydrogen (secondary N) is 1. The highest BCUT2D eigenvalue weighted by molar-refractivity contribution is 7.98. The highest BCUT2D eigenvalue weighted by Crippen LogP contribution is 2.23. The van der Waals surface area contributed by atoms with Crippen molar-refractivity contribution in [3.8, 4) is 0 Å². The molecule has 6 heteroatoms. The van der Waals surface area contributed by atoms with E-state index in [1.165, 1.54) is 18.2 Å². The van der Waals surface area contributed by atoms with Crippen LogP contribution in [0.25, 0.3) is 0 Å². The van der Waals surface area contributed by atoms with Gasteiger partial charge in [-0.1, -0.05) is 11.8 Å². The first-order chi connectivity index (χ1) is 5.90. The number of hydrogen-bond acceptors (Lipinski definition) is 5. The van der Waals surface area contributed by atoms with Crippen molar-refractivity contribution in [3.63, 3.8) is 0 Å². The van der Waals surface area contributed by atoms with Crippen LogP contribution < -0.4 is 5.32 Å². The number of rotatable bonds is 2. The van der Waals surface area contributed by atoms with Crippen molar-refractivity contribution < 1.29 is 4.42 Å². The van der Waals surface area contributed by atoms with Crippen molar-refractivity contribution in [2.45, 2.75) is 24.1 Å². The second-order valence-electron chi connectivity index (χ2n) is 2.76. The van der Waals surface area contributed by atoms with Gasteiger partial charge in [0.15, 0.2) is 0 Å². The van der Waals surface area contributed by atoms with E-state index in [4.69, 9.17) is 4.42 Å². The van der Waals surface area contributed by atoms with Crippen molar-refractivity contribution in [2.75, 3.05) is 12.8 Å².